The smallest absolute Gasteiger partial charge is 0.234 e. The van der Waals surface area contributed by atoms with Crippen LogP contribution in [0.4, 0.5) is 5.13 Å². The maximum atomic E-state index is 10.7. The van der Waals surface area contributed by atoms with Crippen LogP contribution in [0.2, 0.25) is 0 Å². The molecular formula is C6H10N4OS. The van der Waals surface area contributed by atoms with Gasteiger partial charge in [0.2, 0.25) is 5.91 Å². The molecule has 1 rings (SSSR count). The number of anilines is 1. The Bertz CT molecular complexity index is 272. The predicted molar refractivity (Wildman–Crippen MR) is 47.2 cm³/mol. The summed E-state index contributed by atoms with van der Waals surface area (Å²) in [5, 5.41) is 0.526. The molecule has 0 bridgehead atoms. The minimum absolute atomic E-state index is 0.179. The van der Waals surface area contributed by atoms with Crippen LogP contribution in [-0.2, 0) is 11.2 Å². The molecule has 6 heteroatoms. The van der Waals surface area contributed by atoms with E-state index >= 15 is 0 Å². The first-order valence-corrected chi connectivity index (χ1v) is 4.23. The zero-order valence-electron chi connectivity index (χ0n) is 6.41. The lowest BCUT2D eigenvalue weighted by molar-refractivity contribution is -0.121. The van der Waals surface area contributed by atoms with E-state index in [0.29, 0.717) is 18.0 Å². The van der Waals surface area contributed by atoms with Gasteiger partial charge in [0.15, 0.2) is 5.13 Å². The molecule has 66 valence electrons. The Labute approximate surface area is 73.7 Å². The van der Waals surface area contributed by atoms with Gasteiger partial charge in [0.25, 0.3) is 0 Å². The maximum Gasteiger partial charge on any atom is 0.234 e. The van der Waals surface area contributed by atoms with E-state index in [0.717, 1.165) is 4.88 Å². The van der Waals surface area contributed by atoms with Crippen molar-refractivity contribution in [1.82, 2.24) is 10.4 Å². The summed E-state index contributed by atoms with van der Waals surface area (Å²) in [4.78, 5) is 15.6. The third-order valence-electron chi connectivity index (χ3n) is 1.33. The molecule has 0 aliphatic heterocycles. The second kappa shape index (κ2) is 4.03. The molecule has 0 saturated carbocycles. The van der Waals surface area contributed by atoms with Gasteiger partial charge in [-0.25, -0.2) is 10.8 Å². The first-order chi connectivity index (χ1) is 5.72. The van der Waals surface area contributed by atoms with Gasteiger partial charge in [0, 0.05) is 17.5 Å². The van der Waals surface area contributed by atoms with Crippen molar-refractivity contribution < 1.29 is 4.79 Å². The Balaban J connectivity index is 2.38. The van der Waals surface area contributed by atoms with E-state index in [4.69, 9.17) is 11.6 Å². The largest absolute Gasteiger partial charge is 0.375 e. The average molecular weight is 186 g/mol. The summed E-state index contributed by atoms with van der Waals surface area (Å²) in [5.74, 6) is 4.73. The van der Waals surface area contributed by atoms with Crippen LogP contribution in [0, 0.1) is 0 Å². The quantitative estimate of drug-likeness (QED) is 0.341. The standard InChI is InChI=1S/C6H10N4OS/c7-6-9-3-4(12-6)1-2-5(11)10-8/h3H,1-2,8H2,(H2,7,9)(H,10,11). The average Bonchev–Trinajstić information content (AvgIpc) is 2.47. The number of aryl methyl sites for hydroxylation is 1. The molecule has 0 unspecified atom stereocenters. The number of hydrogen-bond acceptors (Lipinski definition) is 5. The van der Waals surface area contributed by atoms with Crippen LogP contribution in [0.25, 0.3) is 0 Å². The zero-order valence-corrected chi connectivity index (χ0v) is 7.23. The summed E-state index contributed by atoms with van der Waals surface area (Å²) in [5.41, 5.74) is 7.46. The molecule has 0 radical (unpaired) electrons. The van der Waals surface area contributed by atoms with Crippen LogP contribution in [-0.4, -0.2) is 10.9 Å². The number of aromatic nitrogens is 1. The van der Waals surface area contributed by atoms with E-state index in [2.05, 4.69) is 10.4 Å². The van der Waals surface area contributed by atoms with Gasteiger partial charge >= 0.3 is 0 Å². The summed E-state index contributed by atoms with van der Waals surface area (Å²) in [7, 11) is 0. The lowest BCUT2D eigenvalue weighted by atomic mass is 10.3. The molecule has 0 fully saturated rings. The summed E-state index contributed by atoms with van der Waals surface area (Å²) < 4.78 is 0. The summed E-state index contributed by atoms with van der Waals surface area (Å²) in [6.45, 7) is 0. The molecule has 0 atom stereocenters. The number of nitrogens with one attached hydrogen (secondary N) is 1. The molecule has 0 aromatic carbocycles. The third-order valence-corrected chi connectivity index (χ3v) is 2.22. The number of rotatable bonds is 3. The highest BCUT2D eigenvalue weighted by Gasteiger charge is 2.02. The number of nitrogens with two attached hydrogens (primary N) is 2. The molecule has 5 nitrogen and oxygen atoms in total. The molecule has 5 N–H and O–H groups in total. The molecule has 1 heterocycles. The van der Waals surface area contributed by atoms with Gasteiger partial charge in [-0.1, -0.05) is 0 Å². The van der Waals surface area contributed by atoms with Crippen molar-refractivity contribution in [2.24, 2.45) is 5.84 Å². The summed E-state index contributed by atoms with van der Waals surface area (Å²) >= 11 is 1.39. The molecule has 0 spiro atoms. The van der Waals surface area contributed by atoms with Crippen molar-refractivity contribution >= 4 is 22.4 Å². The van der Waals surface area contributed by atoms with E-state index in [-0.39, 0.29) is 5.91 Å². The van der Waals surface area contributed by atoms with Gasteiger partial charge in [0.05, 0.1) is 0 Å². The van der Waals surface area contributed by atoms with E-state index in [1.807, 2.05) is 0 Å². The van der Waals surface area contributed by atoms with Crippen LogP contribution >= 0.6 is 11.3 Å². The molecule has 0 aliphatic carbocycles. The number of hydrogen-bond donors (Lipinski definition) is 3. The van der Waals surface area contributed by atoms with Crippen molar-refractivity contribution in [3.8, 4) is 0 Å². The Kier molecular flexibility index (Phi) is 3.01. The fourth-order valence-corrected chi connectivity index (χ4v) is 1.43. The fraction of sp³-hybridized carbons (Fsp3) is 0.333. The van der Waals surface area contributed by atoms with Crippen LogP contribution < -0.4 is 17.0 Å². The second-order valence-corrected chi connectivity index (χ2v) is 3.38. The number of hydrazine groups is 1. The second-order valence-electron chi connectivity index (χ2n) is 2.23. The SMILES string of the molecule is NNC(=O)CCc1cnc(N)s1. The lowest BCUT2D eigenvalue weighted by Crippen LogP contribution is -2.30. The normalized spacial score (nSPS) is 9.75. The van der Waals surface area contributed by atoms with Gasteiger partial charge in [-0.3, -0.25) is 10.2 Å². The molecule has 0 aliphatic rings. The Hall–Kier alpha value is -1.14. The Morgan fingerprint density at radius 3 is 3.00 bits per heavy atom. The fourth-order valence-electron chi connectivity index (χ4n) is 0.747. The van der Waals surface area contributed by atoms with E-state index in [1.54, 1.807) is 6.20 Å². The van der Waals surface area contributed by atoms with Gasteiger partial charge < -0.3 is 5.73 Å². The third kappa shape index (κ3) is 2.48. The Morgan fingerprint density at radius 2 is 2.50 bits per heavy atom. The van der Waals surface area contributed by atoms with Gasteiger partial charge in [-0.15, -0.1) is 11.3 Å². The topological polar surface area (TPSA) is 94.0 Å². The first kappa shape index (κ1) is 8.95. The minimum atomic E-state index is -0.179. The summed E-state index contributed by atoms with van der Waals surface area (Å²) in [6, 6.07) is 0. The highest BCUT2D eigenvalue weighted by Crippen LogP contribution is 2.15. The van der Waals surface area contributed by atoms with Gasteiger partial charge in [-0.2, -0.15) is 0 Å². The lowest BCUT2D eigenvalue weighted by Gasteiger charge is -1.95. The molecule has 1 aromatic heterocycles. The van der Waals surface area contributed by atoms with Gasteiger partial charge in [0.1, 0.15) is 0 Å². The monoisotopic (exact) mass is 186 g/mol. The van der Waals surface area contributed by atoms with Crippen molar-refractivity contribution in [1.29, 1.82) is 0 Å². The predicted octanol–water partition coefficient (Wildman–Crippen LogP) is -0.352. The molecule has 12 heavy (non-hydrogen) atoms. The van der Waals surface area contributed by atoms with Gasteiger partial charge in [-0.05, 0) is 6.42 Å². The minimum Gasteiger partial charge on any atom is -0.375 e. The van der Waals surface area contributed by atoms with Crippen LogP contribution in [0.1, 0.15) is 11.3 Å². The van der Waals surface area contributed by atoms with E-state index in [9.17, 15) is 4.79 Å². The first-order valence-electron chi connectivity index (χ1n) is 3.42. The van der Waals surface area contributed by atoms with Crippen LogP contribution in [0.15, 0.2) is 6.20 Å². The number of carbonyl (C=O) groups excluding carboxylic acids is 1. The molecular weight excluding hydrogens is 176 g/mol. The number of nitrogen functional groups attached to an aromatic ring is 1. The highest BCUT2D eigenvalue weighted by molar-refractivity contribution is 7.15. The van der Waals surface area contributed by atoms with Crippen LogP contribution in [0.3, 0.4) is 0 Å². The number of amides is 1. The number of nitrogens with zero attached hydrogens (tertiary/aromatic N) is 1. The van der Waals surface area contributed by atoms with Crippen molar-refractivity contribution in [3.63, 3.8) is 0 Å². The molecule has 1 aromatic rings. The zero-order chi connectivity index (χ0) is 8.97. The number of thiazole rings is 1. The summed E-state index contributed by atoms with van der Waals surface area (Å²) in [6.07, 6.45) is 2.68. The number of carbonyl (C=O) groups is 1. The van der Waals surface area contributed by atoms with E-state index in [1.165, 1.54) is 11.3 Å². The van der Waals surface area contributed by atoms with Crippen LogP contribution in [0.5, 0.6) is 0 Å². The maximum absolute atomic E-state index is 10.7. The van der Waals surface area contributed by atoms with Crippen molar-refractivity contribution in [2.75, 3.05) is 5.73 Å². The van der Waals surface area contributed by atoms with Crippen molar-refractivity contribution in [2.45, 2.75) is 12.8 Å². The van der Waals surface area contributed by atoms with Crippen molar-refractivity contribution in [3.05, 3.63) is 11.1 Å². The Morgan fingerprint density at radius 1 is 1.75 bits per heavy atom. The van der Waals surface area contributed by atoms with E-state index < -0.39 is 0 Å². The molecule has 1 amide bonds. The highest BCUT2D eigenvalue weighted by atomic mass is 32.1. The molecule has 0 saturated heterocycles.